The predicted octanol–water partition coefficient (Wildman–Crippen LogP) is 4.68. The maximum absolute atomic E-state index is 14.6. The van der Waals surface area contributed by atoms with Gasteiger partial charge in [0.05, 0.1) is 31.9 Å². The number of benzene rings is 4. The molecule has 10 nitrogen and oxygen atoms in total. The van der Waals surface area contributed by atoms with Crippen molar-refractivity contribution in [2.24, 2.45) is 0 Å². The van der Waals surface area contributed by atoms with Crippen LogP contribution in [0.15, 0.2) is 108 Å². The molecule has 0 fully saturated rings. The highest BCUT2D eigenvalue weighted by Crippen LogP contribution is 2.33. The Labute approximate surface area is 270 Å². The predicted molar refractivity (Wildman–Crippen MR) is 177 cm³/mol. The quantitative estimate of drug-likeness (QED) is 0.200. The Balaban J connectivity index is 1.83. The monoisotopic (exact) mass is 645 g/mol. The second kappa shape index (κ2) is 15.8. The second-order valence-electron chi connectivity index (χ2n) is 10.3. The number of anilines is 1. The summed E-state index contributed by atoms with van der Waals surface area (Å²) in [6.45, 7) is 1.57. The van der Waals surface area contributed by atoms with E-state index in [0.717, 1.165) is 9.87 Å². The van der Waals surface area contributed by atoms with Crippen LogP contribution < -0.4 is 23.8 Å². The zero-order valence-electron chi connectivity index (χ0n) is 26.4. The number of para-hydroxylation sites is 2. The van der Waals surface area contributed by atoms with Crippen molar-refractivity contribution in [3.8, 4) is 17.2 Å². The summed E-state index contributed by atoms with van der Waals surface area (Å²) in [4.78, 5) is 29.6. The maximum Gasteiger partial charge on any atom is 0.264 e. The molecule has 0 radical (unpaired) electrons. The van der Waals surface area contributed by atoms with E-state index in [2.05, 4.69) is 5.32 Å². The molecule has 0 saturated heterocycles. The summed E-state index contributed by atoms with van der Waals surface area (Å²) in [6, 6.07) is 28.1. The molecule has 0 bridgehead atoms. The molecular formula is C35H39N3O7S. The summed E-state index contributed by atoms with van der Waals surface area (Å²) in [5, 5.41) is 2.86. The van der Waals surface area contributed by atoms with Gasteiger partial charge in [0.2, 0.25) is 11.8 Å². The number of amides is 2. The summed E-state index contributed by atoms with van der Waals surface area (Å²) < 4.78 is 45.7. The van der Waals surface area contributed by atoms with Gasteiger partial charge in [-0.2, -0.15) is 0 Å². The van der Waals surface area contributed by atoms with Crippen molar-refractivity contribution in [3.05, 3.63) is 114 Å². The average Bonchev–Trinajstić information content (AvgIpc) is 3.09. The average molecular weight is 646 g/mol. The molecule has 1 N–H and O–H groups in total. The zero-order chi connectivity index (χ0) is 33.1. The number of hydrogen-bond acceptors (Lipinski definition) is 7. The van der Waals surface area contributed by atoms with Crippen LogP contribution in [0.4, 0.5) is 5.69 Å². The molecule has 0 spiro atoms. The van der Waals surface area contributed by atoms with Crippen molar-refractivity contribution < 1.29 is 32.2 Å². The van der Waals surface area contributed by atoms with Gasteiger partial charge in [-0.1, -0.05) is 54.6 Å². The number of nitrogens with one attached hydrogen (secondary N) is 1. The molecule has 2 amide bonds. The number of methoxy groups -OCH3 is 3. The van der Waals surface area contributed by atoms with E-state index in [1.807, 2.05) is 36.4 Å². The van der Waals surface area contributed by atoms with Crippen LogP contribution in [-0.4, -0.2) is 65.6 Å². The van der Waals surface area contributed by atoms with E-state index in [0.29, 0.717) is 23.6 Å². The minimum absolute atomic E-state index is 0.0208. The van der Waals surface area contributed by atoms with E-state index in [1.165, 1.54) is 43.4 Å². The third-order valence-electron chi connectivity index (χ3n) is 7.39. The lowest BCUT2D eigenvalue weighted by atomic mass is 10.0. The van der Waals surface area contributed by atoms with Gasteiger partial charge in [0.25, 0.3) is 10.0 Å². The first-order valence-electron chi connectivity index (χ1n) is 14.8. The van der Waals surface area contributed by atoms with Crippen molar-refractivity contribution in [2.75, 3.05) is 38.7 Å². The van der Waals surface area contributed by atoms with E-state index < -0.39 is 28.5 Å². The van der Waals surface area contributed by atoms with Crippen LogP contribution in [-0.2, 0) is 32.6 Å². The lowest BCUT2D eigenvalue weighted by Gasteiger charge is -2.34. The summed E-state index contributed by atoms with van der Waals surface area (Å²) >= 11 is 0. The fourth-order valence-corrected chi connectivity index (χ4v) is 6.46. The number of ether oxygens (including phenoxy) is 3. The van der Waals surface area contributed by atoms with Crippen molar-refractivity contribution in [1.29, 1.82) is 0 Å². The van der Waals surface area contributed by atoms with E-state index in [1.54, 1.807) is 56.5 Å². The Morgan fingerprint density at radius 1 is 0.761 bits per heavy atom. The molecule has 0 saturated carbocycles. The molecule has 4 aromatic rings. The Hall–Kier alpha value is -5.03. The number of hydrogen-bond donors (Lipinski definition) is 1. The summed E-state index contributed by atoms with van der Waals surface area (Å²) in [5.74, 6) is 0.382. The van der Waals surface area contributed by atoms with Crippen molar-refractivity contribution in [2.45, 2.75) is 30.8 Å². The smallest absolute Gasteiger partial charge is 0.264 e. The van der Waals surface area contributed by atoms with Crippen LogP contribution in [0.2, 0.25) is 0 Å². The Bertz CT molecular complexity index is 1710. The molecule has 1 unspecified atom stereocenters. The van der Waals surface area contributed by atoms with Crippen LogP contribution >= 0.6 is 0 Å². The molecule has 4 rings (SSSR count). The van der Waals surface area contributed by atoms with Crippen molar-refractivity contribution in [3.63, 3.8) is 0 Å². The summed E-state index contributed by atoms with van der Waals surface area (Å²) in [7, 11) is 0.153. The third kappa shape index (κ3) is 8.16. The number of carbonyl (C=O) groups is 2. The van der Waals surface area contributed by atoms with Crippen molar-refractivity contribution in [1.82, 2.24) is 10.2 Å². The van der Waals surface area contributed by atoms with Crippen LogP contribution in [0.5, 0.6) is 17.2 Å². The minimum atomic E-state index is -4.31. The van der Waals surface area contributed by atoms with Gasteiger partial charge >= 0.3 is 0 Å². The molecule has 0 aliphatic carbocycles. The van der Waals surface area contributed by atoms with Gasteiger partial charge in [0, 0.05) is 19.5 Å². The molecule has 4 aromatic carbocycles. The number of likely N-dealkylation sites (N-methyl/N-ethyl adjacent to an activating group) is 1. The molecule has 0 aliphatic rings. The third-order valence-corrected chi connectivity index (χ3v) is 9.16. The summed E-state index contributed by atoms with van der Waals surface area (Å²) in [5.41, 5.74) is 1.72. The maximum atomic E-state index is 14.6. The number of sulfonamides is 1. The van der Waals surface area contributed by atoms with Gasteiger partial charge in [0.1, 0.15) is 29.8 Å². The normalized spacial score (nSPS) is 11.7. The van der Waals surface area contributed by atoms with Crippen molar-refractivity contribution >= 4 is 27.5 Å². The number of nitrogens with zero attached hydrogens (tertiary/aromatic N) is 2. The molecule has 0 aromatic heterocycles. The van der Waals surface area contributed by atoms with Gasteiger partial charge in [-0.15, -0.1) is 0 Å². The SMILES string of the molecule is CCNC(=O)C(Cc1ccccc1)N(Cc1cccc(OC)c1)C(=O)CN(c1ccccc1OC)S(=O)(=O)c1ccc(OC)cc1. The number of rotatable bonds is 15. The van der Waals surface area contributed by atoms with Crippen LogP contribution in [0, 0.1) is 0 Å². The van der Waals surface area contributed by atoms with Gasteiger partial charge in [-0.25, -0.2) is 8.42 Å². The molecule has 46 heavy (non-hydrogen) atoms. The topological polar surface area (TPSA) is 114 Å². The van der Waals surface area contributed by atoms with Crippen LogP contribution in [0.3, 0.4) is 0 Å². The van der Waals surface area contributed by atoms with Crippen LogP contribution in [0.1, 0.15) is 18.1 Å². The fourth-order valence-electron chi connectivity index (χ4n) is 5.04. The van der Waals surface area contributed by atoms with E-state index in [4.69, 9.17) is 14.2 Å². The molecule has 242 valence electrons. The molecule has 0 heterocycles. The highest BCUT2D eigenvalue weighted by Gasteiger charge is 2.35. The lowest BCUT2D eigenvalue weighted by Crippen LogP contribution is -2.53. The Morgan fingerprint density at radius 3 is 2.07 bits per heavy atom. The highest BCUT2D eigenvalue weighted by atomic mass is 32.2. The zero-order valence-corrected chi connectivity index (χ0v) is 27.2. The molecule has 1 atom stereocenters. The van der Waals surface area contributed by atoms with Gasteiger partial charge in [-0.05, 0) is 66.6 Å². The molecular weight excluding hydrogens is 606 g/mol. The Kier molecular flexibility index (Phi) is 11.6. The van der Waals surface area contributed by atoms with Gasteiger partial charge in [0.15, 0.2) is 0 Å². The highest BCUT2D eigenvalue weighted by molar-refractivity contribution is 7.92. The number of carbonyl (C=O) groups excluding carboxylic acids is 2. The van der Waals surface area contributed by atoms with Gasteiger partial charge < -0.3 is 24.4 Å². The standard InChI is InChI=1S/C35H39N3O7S/c1-5-36-35(40)32(23-26-12-7-6-8-13-26)37(24-27-14-11-15-29(22-27)44-3)34(39)25-38(31-16-9-10-17-33(31)45-4)46(41,42)30-20-18-28(43-2)19-21-30/h6-22,32H,5,23-25H2,1-4H3,(H,36,40). The molecule has 0 aliphatic heterocycles. The first-order valence-corrected chi connectivity index (χ1v) is 16.2. The van der Waals surface area contributed by atoms with E-state index in [9.17, 15) is 18.0 Å². The lowest BCUT2D eigenvalue weighted by molar-refractivity contribution is -0.140. The van der Waals surface area contributed by atoms with E-state index >= 15 is 0 Å². The largest absolute Gasteiger partial charge is 0.497 e. The molecule has 11 heteroatoms. The summed E-state index contributed by atoms with van der Waals surface area (Å²) in [6.07, 6.45) is 0.211. The first kappa shape index (κ1) is 33.9. The van der Waals surface area contributed by atoms with Crippen LogP contribution in [0.25, 0.3) is 0 Å². The second-order valence-corrected chi connectivity index (χ2v) is 12.2. The minimum Gasteiger partial charge on any atom is -0.497 e. The Morgan fingerprint density at radius 2 is 1.41 bits per heavy atom. The van der Waals surface area contributed by atoms with E-state index in [-0.39, 0.29) is 35.2 Å². The fraction of sp³-hybridized carbons (Fsp3) is 0.257. The first-order chi connectivity index (χ1) is 22.2. The van der Waals surface area contributed by atoms with Gasteiger partial charge in [-0.3, -0.25) is 13.9 Å².